The third-order valence-electron chi connectivity index (χ3n) is 1.22. The van der Waals surface area contributed by atoms with E-state index in [0.29, 0.717) is 0 Å². The standard InChI is InChI=1S/C13H15N/c1-3-4-5-6-7-8-9-10-11-12-13-14-2/h3-13H,1-2H2/b5-4+,7-6+,9-8-,11-10+,13-12+. The minimum atomic E-state index is 1.63. The number of aliphatic imine (C=N–C) groups is 1. The molecule has 0 aromatic carbocycles. The molecule has 0 atom stereocenters. The van der Waals surface area contributed by atoms with E-state index in [1.807, 2.05) is 54.7 Å². The first kappa shape index (κ1) is 12.1. The van der Waals surface area contributed by atoms with E-state index in [1.54, 1.807) is 12.3 Å². The van der Waals surface area contributed by atoms with Gasteiger partial charge in [-0.05, 0) is 12.8 Å². The zero-order valence-corrected chi connectivity index (χ0v) is 8.21. The molecular formula is C13H15N. The van der Waals surface area contributed by atoms with Crippen molar-refractivity contribution < 1.29 is 0 Å². The summed E-state index contributed by atoms with van der Waals surface area (Å²) in [6.07, 6.45) is 20.5. The van der Waals surface area contributed by atoms with Crippen LogP contribution in [-0.2, 0) is 0 Å². The molecule has 0 amide bonds. The number of hydrogen-bond acceptors (Lipinski definition) is 1. The highest BCUT2D eigenvalue weighted by atomic mass is 14.6. The molecule has 72 valence electrons. The molecule has 0 aliphatic rings. The summed E-state index contributed by atoms with van der Waals surface area (Å²) in [6, 6.07) is 0. The largest absolute Gasteiger partial charge is 0.273 e. The smallest absolute Gasteiger partial charge is 0.0260 e. The van der Waals surface area contributed by atoms with Crippen molar-refractivity contribution in [3.05, 3.63) is 73.5 Å². The van der Waals surface area contributed by atoms with E-state index < -0.39 is 0 Å². The van der Waals surface area contributed by atoms with Gasteiger partial charge in [-0.3, -0.25) is 4.99 Å². The van der Waals surface area contributed by atoms with Crippen LogP contribution in [0.15, 0.2) is 78.5 Å². The van der Waals surface area contributed by atoms with Crippen LogP contribution in [0.2, 0.25) is 0 Å². The quantitative estimate of drug-likeness (QED) is 0.443. The number of nitrogens with zero attached hydrogens (tertiary/aromatic N) is 1. The van der Waals surface area contributed by atoms with Crippen LogP contribution in [0, 0.1) is 0 Å². The Kier molecular flexibility index (Phi) is 9.61. The molecule has 14 heavy (non-hydrogen) atoms. The van der Waals surface area contributed by atoms with Crippen molar-refractivity contribution in [3.63, 3.8) is 0 Å². The Balaban J connectivity index is 3.72. The lowest BCUT2D eigenvalue weighted by molar-refractivity contribution is 1.61. The molecule has 1 nitrogen and oxygen atoms in total. The zero-order valence-electron chi connectivity index (χ0n) is 8.21. The van der Waals surface area contributed by atoms with Crippen LogP contribution < -0.4 is 0 Å². The SMILES string of the molecule is C=C/C=C/C=C/C=C\C=C\C=C\N=C. The normalized spacial score (nSPS) is 12.9. The topological polar surface area (TPSA) is 12.4 Å². The molecule has 0 saturated heterocycles. The van der Waals surface area contributed by atoms with Crippen molar-refractivity contribution in [2.75, 3.05) is 0 Å². The van der Waals surface area contributed by atoms with Crippen molar-refractivity contribution in [3.8, 4) is 0 Å². The van der Waals surface area contributed by atoms with E-state index >= 15 is 0 Å². The van der Waals surface area contributed by atoms with Crippen molar-refractivity contribution in [2.24, 2.45) is 4.99 Å². The van der Waals surface area contributed by atoms with Crippen LogP contribution in [0.4, 0.5) is 0 Å². The molecule has 0 N–H and O–H groups in total. The van der Waals surface area contributed by atoms with Crippen LogP contribution >= 0.6 is 0 Å². The van der Waals surface area contributed by atoms with E-state index in [0.717, 1.165) is 0 Å². The van der Waals surface area contributed by atoms with Crippen molar-refractivity contribution in [1.29, 1.82) is 0 Å². The Bertz CT molecular complexity index is 258. The Labute approximate surface area is 85.9 Å². The summed E-state index contributed by atoms with van der Waals surface area (Å²) in [5, 5.41) is 0. The van der Waals surface area contributed by atoms with Crippen LogP contribution in [0.1, 0.15) is 0 Å². The number of hydrogen-bond donors (Lipinski definition) is 0. The molecule has 0 heterocycles. The summed E-state index contributed by atoms with van der Waals surface area (Å²) in [4.78, 5) is 3.56. The van der Waals surface area contributed by atoms with Gasteiger partial charge in [-0.2, -0.15) is 0 Å². The molecule has 0 aliphatic carbocycles. The molecule has 0 aliphatic heterocycles. The number of rotatable bonds is 6. The van der Waals surface area contributed by atoms with Gasteiger partial charge in [0.05, 0.1) is 0 Å². The van der Waals surface area contributed by atoms with Gasteiger partial charge in [0.2, 0.25) is 0 Å². The van der Waals surface area contributed by atoms with Crippen LogP contribution in [0.5, 0.6) is 0 Å². The average Bonchev–Trinajstić information content (AvgIpc) is 2.21. The fourth-order valence-electron chi connectivity index (χ4n) is 0.638. The predicted molar refractivity (Wildman–Crippen MR) is 65.4 cm³/mol. The van der Waals surface area contributed by atoms with Gasteiger partial charge in [-0.1, -0.05) is 61.3 Å². The van der Waals surface area contributed by atoms with Crippen LogP contribution in [0.3, 0.4) is 0 Å². The Morgan fingerprint density at radius 3 is 1.50 bits per heavy atom. The van der Waals surface area contributed by atoms with E-state index in [4.69, 9.17) is 0 Å². The van der Waals surface area contributed by atoms with Gasteiger partial charge < -0.3 is 0 Å². The van der Waals surface area contributed by atoms with Gasteiger partial charge in [0.25, 0.3) is 0 Å². The Hall–Kier alpha value is -1.89. The Morgan fingerprint density at radius 1 is 0.643 bits per heavy atom. The molecule has 0 spiro atoms. The lowest BCUT2D eigenvalue weighted by atomic mass is 10.4. The molecule has 0 aromatic rings. The van der Waals surface area contributed by atoms with Gasteiger partial charge in [0.1, 0.15) is 0 Å². The maximum atomic E-state index is 3.56. The predicted octanol–water partition coefficient (Wildman–Crippen LogP) is 3.61. The number of allylic oxidation sites excluding steroid dienone is 10. The lowest BCUT2D eigenvalue weighted by Gasteiger charge is -1.73. The molecule has 0 bridgehead atoms. The first-order valence-corrected chi connectivity index (χ1v) is 4.32. The molecule has 0 saturated carbocycles. The van der Waals surface area contributed by atoms with E-state index in [2.05, 4.69) is 18.3 Å². The summed E-state index contributed by atoms with van der Waals surface area (Å²) >= 11 is 0. The third kappa shape index (κ3) is 10.1. The third-order valence-corrected chi connectivity index (χ3v) is 1.22. The van der Waals surface area contributed by atoms with Gasteiger partial charge in [0, 0.05) is 6.20 Å². The molecule has 0 radical (unpaired) electrons. The highest BCUT2D eigenvalue weighted by molar-refractivity contribution is 5.26. The highest BCUT2D eigenvalue weighted by Gasteiger charge is 1.62. The molecule has 0 rings (SSSR count). The second kappa shape index (κ2) is 11.1. The summed E-state index contributed by atoms with van der Waals surface area (Å²) in [7, 11) is 0. The maximum absolute atomic E-state index is 3.56. The second-order valence-corrected chi connectivity index (χ2v) is 2.30. The van der Waals surface area contributed by atoms with E-state index in [1.165, 1.54) is 0 Å². The summed E-state index contributed by atoms with van der Waals surface area (Å²) in [5.41, 5.74) is 0. The summed E-state index contributed by atoms with van der Waals surface area (Å²) in [5.74, 6) is 0. The zero-order chi connectivity index (χ0) is 10.5. The average molecular weight is 185 g/mol. The minimum absolute atomic E-state index is 1.63. The van der Waals surface area contributed by atoms with Gasteiger partial charge in [-0.25, -0.2) is 0 Å². The molecule has 0 unspecified atom stereocenters. The van der Waals surface area contributed by atoms with E-state index in [9.17, 15) is 0 Å². The lowest BCUT2D eigenvalue weighted by Crippen LogP contribution is -1.52. The summed E-state index contributed by atoms with van der Waals surface area (Å²) in [6.45, 7) is 6.89. The minimum Gasteiger partial charge on any atom is -0.273 e. The van der Waals surface area contributed by atoms with Crippen LogP contribution in [0.25, 0.3) is 0 Å². The molecule has 1 heteroatoms. The first-order chi connectivity index (χ1) is 6.91. The van der Waals surface area contributed by atoms with Crippen LogP contribution in [-0.4, -0.2) is 6.72 Å². The van der Waals surface area contributed by atoms with E-state index in [-0.39, 0.29) is 0 Å². The van der Waals surface area contributed by atoms with Crippen molar-refractivity contribution >= 4 is 6.72 Å². The molecule has 0 aromatic heterocycles. The maximum Gasteiger partial charge on any atom is 0.0260 e. The fraction of sp³-hybridized carbons (Fsp3) is 0. The van der Waals surface area contributed by atoms with Gasteiger partial charge in [0.15, 0.2) is 0 Å². The fourth-order valence-corrected chi connectivity index (χ4v) is 0.638. The summed E-state index contributed by atoms with van der Waals surface area (Å²) < 4.78 is 0. The first-order valence-electron chi connectivity index (χ1n) is 4.32. The Morgan fingerprint density at radius 2 is 1.07 bits per heavy atom. The van der Waals surface area contributed by atoms with Crippen molar-refractivity contribution in [2.45, 2.75) is 0 Å². The molecule has 0 fully saturated rings. The van der Waals surface area contributed by atoms with Gasteiger partial charge >= 0.3 is 0 Å². The van der Waals surface area contributed by atoms with Crippen molar-refractivity contribution in [1.82, 2.24) is 0 Å². The second-order valence-electron chi connectivity index (χ2n) is 2.30. The molecular weight excluding hydrogens is 170 g/mol. The van der Waals surface area contributed by atoms with Gasteiger partial charge in [-0.15, -0.1) is 0 Å². The highest BCUT2D eigenvalue weighted by Crippen LogP contribution is 1.83. The monoisotopic (exact) mass is 185 g/mol.